The number of unbranched alkanes of at least 4 members (excludes halogenated alkanes) is 1. The Labute approximate surface area is 150 Å². The lowest BCUT2D eigenvalue weighted by atomic mass is 10.3. The summed E-state index contributed by atoms with van der Waals surface area (Å²) in [6.07, 6.45) is 3.77. The molecule has 0 bridgehead atoms. The molecule has 0 radical (unpaired) electrons. The third-order valence-electron chi connectivity index (χ3n) is 4.07. The van der Waals surface area contributed by atoms with Crippen LogP contribution in [0.4, 0.5) is 0 Å². The molecule has 25 heavy (non-hydrogen) atoms. The molecule has 2 heterocycles. The van der Waals surface area contributed by atoms with Crippen molar-refractivity contribution >= 4 is 11.9 Å². The lowest BCUT2D eigenvalue weighted by Crippen LogP contribution is -2.53. The summed E-state index contributed by atoms with van der Waals surface area (Å²) in [6.45, 7) is 9.98. The van der Waals surface area contributed by atoms with Gasteiger partial charge in [-0.3, -0.25) is 9.79 Å². The molecule has 1 aromatic rings. The maximum Gasteiger partial charge on any atom is 0.289 e. The first-order chi connectivity index (χ1) is 12.3. The van der Waals surface area contributed by atoms with Crippen LogP contribution in [0.15, 0.2) is 27.8 Å². The highest BCUT2D eigenvalue weighted by atomic mass is 16.5. The number of nitrogens with one attached hydrogen (secondary N) is 1. The van der Waals surface area contributed by atoms with Crippen molar-refractivity contribution in [3.63, 3.8) is 0 Å². The Bertz CT molecular complexity index is 522. The molecule has 0 atom stereocenters. The Hall–Kier alpha value is -2.02. The second-order valence-corrected chi connectivity index (χ2v) is 5.96. The van der Waals surface area contributed by atoms with Crippen LogP contribution < -0.4 is 5.32 Å². The molecular formula is C18H30N4O3. The number of ether oxygens (including phenoxy) is 1. The molecule has 0 aromatic carbocycles. The first-order valence-electron chi connectivity index (χ1n) is 9.20. The first-order valence-corrected chi connectivity index (χ1v) is 9.20. The minimum atomic E-state index is -0.0455. The van der Waals surface area contributed by atoms with Crippen molar-refractivity contribution in [3.8, 4) is 0 Å². The van der Waals surface area contributed by atoms with E-state index >= 15 is 0 Å². The number of hydrogen-bond donors (Lipinski definition) is 1. The van der Waals surface area contributed by atoms with Crippen LogP contribution in [0, 0.1) is 0 Å². The lowest BCUT2D eigenvalue weighted by Gasteiger charge is -2.36. The van der Waals surface area contributed by atoms with Crippen molar-refractivity contribution in [3.05, 3.63) is 24.2 Å². The molecule has 1 aromatic heterocycles. The van der Waals surface area contributed by atoms with Gasteiger partial charge in [0, 0.05) is 39.3 Å². The highest BCUT2D eigenvalue weighted by molar-refractivity contribution is 5.91. The van der Waals surface area contributed by atoms with Gasteiger partial charge in [0.25, 0.3) is 5.91 Å². The van der Waals surface area contributed by atoms with E-state index in [2.05, 4.69) is 29.1 Å². The third kappa shape index (κ3) is 6.08. The fourth-order valence-corrected chi connectivity index (χ4v) is 2.67. The first kappa shape index (κ1) is 19.3. The Morgan fingerprint density at radius 2 is 2.00 bits per heavy atom. The van der Waals surface area contributed by atoms with Gasteiger partial charge >= 0.3 is 0 Å². The van der Waals surface area contributed by atoms with Gasteiger partial charge in [0.2, 0.25) is 0 Å². The molecule has 1 aliphatic rings. The number of nitrogens with zero attached hydrogens (tertiary/aromatic N) is 3. The number of aliphatic imine (C=N–C) groups is 1. The minimum Gasteiger partial charge on any atom is -0.459 e. The molecule has 7 nitrogen and oxygen atoms in total. The van der Waals surface area contributed by atoms with Crippen molar-refractivity contribution < 1.29 is 13.9 Å². The third-order valence-corrected chi connectivity index (χ3v) is 4.07. The van der Waals surface area contributed by atoms with Gasteiger partial charge in [-0.05, 0) is 25.5 Å². The van der Waals surface area contributed by atoms with E-state index < -0.39 is 0 Å². The van der Waals surface area contributed by atoms with Gasteiger partial charge in [-0.2, -0.15) is 0 Å². The zero-order valence-corrected chi connectivity index (χ0v) is 15.4. The summed E-state index contributed by atoms with van der Waals surface area (Å²) in [7, 11) is 0. The Kier molecular flexibility index (Phi) is 8.31. The van der Waals surface area contributed by atoms with Gasteiger partial charge in [0.05, 0.1) is 19.4 Å². The molecule has 1 N–H and O–H groups in total. The van der Waals surface area contributed by atoms with Crippen molar-refractivity contribution in [1.29, 1.82) is 0 Å². The van der Waals surface area contributed by atoms with Crippen LogP contribution in [0.1, 0.15) is 37.2 Å². The maximum absolute atomic E-state index is 12.3. The Morgan fingerprint density at radius 1 is 1.24 bits per heavy atom. The second-order valence-electron chi connectivity index (χ2n) is 5.96. The van der Waals surface area contributed by atoms with Crippen LogP contribution in [0.5, 0.6) is 0 Å². The number of rotatable bonds is 8. The van der Waals surface area contributed by atoms with Crippen LogP contribution in [0.3, 0.4) is 0 Å². The van der Waals surface area contributed by atoms with Crippen LogP contribution in [0.2, 0.25) is 0 Å². The fraction of sp³-hybridized carbons (Fsp3) is 0.667. The van der Waals surface area contributed by atoms with Crippen molar-refractivity contribution in [2.24, 2.45) is 4.99 Å². The van der Waals surface area contributed by atoms with E-state index in [1.54, 1.807) is 12.1 Å². The molecule has 1 fully saturated rings. The molecule has 0 unspecified atom stereocenters. The highest BCUT2D eigenvalue weighted by Crippen LogP contribution is 2.09. The number of piperazine rings is 1. The lowest BCUT2D eigenvalue weighted by molar-refractivity contribution is 0.0657. The van der Waals surface area contributed by atoms with Gasteiger partial charge in [-0.25, -0.2) is 0 Å². The Morgan fingerprint density at radius 3 is 2.64 bits per heavy atom. The van der Waals surface area contributed by atoms with Gasteiger partial charge < -0.3 is 24.3 Å². The number of furan rings is 1. The summed E-state index contributed by atoms with van der Waals surface area (Å²) in [5.74, 6) is 1.25. The average Bonchev–Trinajstić information content (AvgIpc) is 3.18. The van der Waals surface area contributed by atoms with Crippen LogP contribution in [-0.2, 0) is 4.74 Å². The summed E-state index contributed by atoms with van der Waals surface area (Å²) in [4.78, 5) is 21.0. The smallest absolute Gasteiger partial charge is 0.289 e. The van der Waals surface area contributed by atoms with Crippen LogP contribution in [-0.4, -0.2) is 74.1 Å². The van der Waals surface area contributed by atoms with Crippen molar-refractivity contribution in [2.45, 2.75) is 26.7 Å². The van der Waals surface area contributed by atoms with Crippen LogP contribution in [0.25, 0.3) is 0 Å². The molecule has 0 spiro atoms. The molecular weight excluding hydrogens is 320 g/mol. The topological polar surface area (TPSA) is 70.3 Å². The molecule has 7 heteroatoms. The zero-order valence-electron chi connectivity index (χ0n) is 15.4. The van der Waals surface area contributed by atoms with Crippen molar-refractivity contribution in [1.82, 2.24) is 15.1 Å². The number of guanidine groups is 1. The molecule has 0 saturated carbocycles. The second kappa shape index (κ2) is 10.8. The standard InChI is InChI=1S/C18H30N4O3/c1-3-5-13-24-15-8-20-18(19-4-2)22-11-9-21(10-12-22)17(23)16-7-6-14-25-16/h6-7,14H,3-5,8-13,15H2,1-2H3,(H,19,20). The molecule has 1 amide bonds. The van der Waals surface area contributed by atoms with E-state index in [4.69, 9.17) is 9.15 Å². The molecule has 2 rings (SSSR count). The van der Waals surface area contributed by atoms with E-state index in [1.807, 2.05) is 4.90 Å². The van der Waals surface area contributed by atoms with Gasteiger partial charge in [-0.15, -0.1) is 0 Å². The summed E-state index contributed by atoms with van der Waals surface area (Å²) in [6, 6.07) is 3.45. The van der Waals surface area contributed by atoms with E-state index in [-0.39, 0.29) is 5.91 Å². The quantitative estimate of drug-likeness (QED) is 0.440. The molecule has 140 valence electrons. The van der Waals surface area contributed by atoms with E-state index in [9.17, 15) is 4.79 Å². The average molecular weight is 350 g/mol. The van der Waals surface area contributed by atoms with E-state index in [0.717, 1.165) is 45.0 Å². The highest BCUT2D eigenvalue weighted by Gasteiger charge is 2.25. The number of amides is 1. The minimum absolute atomic E-state index is 0.0455. The number of carbonyl (C=O) groups excluding carboxylic acids is 1. The summed E-state index contributed by atoms with van der Waals surface area (Å²) >= 11 is 0. The van der Waals surface area contributed by atoms with E-state index in [1.165, 1.54) is 6.26 Å². The number of hydrogen-bond acceptors (Lipinski definition) is 4. The van der Waals surface area contributed by atoms with Gasteiger partial charge in [-0.1, -0.05) is 13.3 Å². The molecule has 1 saturated heterocycles. The van der Waals surface area contributed by atoms with Crippen LogP contribution >= 0.6 is 0 Å². The molecule has 0 aliphatic carbocycles. The van der Waals surface area contributed by atoms with Gasteiger partial charge in [0.1, 0.15) is 0 Å². The largest absolute Gasteiger partial charge is 0.459 e. The monoisotopic (exact) mass is 350 g/mol. The summed E-state index contributed by atoms with van der Waals surface area (Å²) in [5.41, 5.74) is 0. The SMILES string of the molecule is CCCCOCCN=C(NCC)N1CCN(C(=O)c2ccco2)CC1. The molecule has 1 aliphatic heterocycles. The maximum atomic E-state index is 12.3. The zero-order chi connectivity index (χ0) is 17.9. The van der Waals surface area contributed by atoms with E-state index in [0.29, 0.717) is 32.0 Å². The predicted octanol–water partition coefficient (Wildman–Crippen LogP) is 1.82. The Balaban J connectivity index is 1.79. The number of carbonyl (C=O) groups is 1. The normalized spacial score (nSPS) is 15.5. The fourth-order valence-electron chi connectivity index (χ4n) is 2.67. The van der Waals surface area contributed by atoms with Crippen molar-refractivity contribution in [2.75, 3.05) is 52.5 Å². The summed E-state index contributed by atoms with van der Waals surface area (Å²) < 4.78 is 10.8. The van der Waals surface area contributed by atoms with Gasteiger partial charge in [0.15, 0.2) is 11.7 Å². The summed E-state index contributed by atoms with van der Waals surface area (Å²) in [5, 5.41) is 3.32. The predicted molar refractivity (Wildman–Crippen MR) is 97.9 cm³/mol.